The third-order valence-electron chi connectivity index (χ3n) is 4.23. The average molecular weight is 408 g/mol. The van der Waals surface area contributed by atoms with E-state index in [1.807, 2.05) is 0 Å². The number of ether oxygens (including phenoxy) is 2. The summed E-state index contributed by atoms with van der Waals surface area (Å²) in [4.78, 5) is 34.7. The summed E-state index contributed by atoms with van der Waals surface area (Å²) in [5.74, 6) is -0.495. The van der Waals surface area contributed by atoms with Crippen LogP contribution in [0.25, 0.3) is 5.65 Å². The van der Waals surface area contributed by atoms with E-state index in [4.69, 9.17) is 21.1 Å². The first-order valence-corrected chi connectivity index (χ1v) is 9.14. The Hall–Kier alpha value is -2.52. The molecule has 0 N–H and O–H groups in total. The second kappa shape index (κ2) is 7.48. The van der Waals surface area contributed by atoms with Crippen molar-refractivity contribution in [2.75, 3.05) is 19.1 Å². The monoisotopic (exact) mass is 407 g/mol. The topological polar surface area (TPSA) is 98.4 Å². The van der Waals surface area contributed by atoms with E-state index in [-0.39, 0.29) is 17.0 Å². The van der Waals surface area contributed by atoms with Crippen LogP contribution >= 0.6 is 11.6 Å². The maximum absolute atomic E-state index is 12.6. The number of aliphatic imine (C=N–C) groups is 1. The molecule has 150 valence electrons. The molecule has 2 heterocycles. The van der Waals surface area contributed by atoms with Crippen LogP contribution in [0, 0.1) is 0 Å². The van der Waals surface area contributed by atoms with Gasteiger partial charge >= 0.3 is 6.09 Å². The lowest BCUT2D eigenvalue weighted by Crippen LogP contribution is -2.34. The summed E-state index contributed by atoms with van der Waals surface area (Å²) < 4.78 is 11.9. The summed E-state index contributed by atoms with van der Waals surface area (Å²) in [7, 11) is 3.12. The van der Waals surface area contributed by atoms with E-state index in [9.17, 15) is 9.59 Å². The lowest BCUT2D eigenvalue weighted by Gasteiger charge is -2.26. The van der Waals surface area contributed by atoms with Gasteiger partial charge in [0, 0.05) is 20.2 Å². The molecule has 1 atom stereocenters. The molecule has 1 aliphatic rings. The van der Waals surface area contributed by atoms with E-state index in [2.05, 4.69) is 15.1 Å². The summed E-state index contributed by atoms with van der Waals surface area (Å²) in [6.45, 7) is 5.31. The van der Waals surface area contributed by atoms with Crippen molar-refractivity contribution < 1.29 is 19.1 Å². The molecule has 9 nitrogen and oxygen atoms in total. The van der Waals surface area contributed by atoms with Gasteiger partial charge in [0.25, 0.3) is 5.91 Å². The minimum Gasteiger partial charge on any atom is -0.443 e. The van der Waals surface area contributed by atoms with Gasteiger partial charge in [-0.1, -0.05) is 11.6 Å². The van der Waals surface area contributed by atoms with E-state index in [0.717, 1.165) is 6.42 Å². The average Bonchev–Trinajstić information content (AvgIpc) is 2.99. The number of halogens is 1. The Labute approximate surface area is 167 Å². The Morgan fingerprint density at radius 1 is 1.39 bits per heavy atom. The van der Waals surface area contributed by atoms with E-state index >= 15 is 0 Å². The Morgan fingerprint density at radius 3 is 2.68 bits per heavy atom. The van der Waals surface area contributed by atoms with Crippen LogP contribution in [0.2, 0.25) is 5.15 Å². The number of amides is 2. The van der Waals surface area contributed by atoms with E-state index < -0.39 is 17.6 Å². The highest BCUT2D eigenvalue weighted by Gasteiger charge is 2.28. The number of rotatable bonds is 3. The Bertz CT molecular complexity index is 961. The Morgan fingerprint density at radius 2 is 2.11 bits per heavy atom. The van der Waals surface area contributed by atoms with Crippen molar-refractivity contribution in [3.05, 3.63) is 23.1 Å². The van der Waals surface area contributed by atoms with Crippen LogP contribution < -0.4 is 4.90 Å². The van der Waals surface area contributed by atoms with Crippen molar-refractivity contribution in [1.29, 1.82) is 0 Å². The number of methoxy groups -OCH3 is 1. The minimum absolute atomic E-state index is 0.0935. The number of nitrogens with zero attached hydrogens (tertiary/aromatic N) is 5. The van der Waals surface area contributed by atoms with Crippen LogP contribution in [-0.4, -0.2) is 58.2 Å². The maximum Gasteiger partial charge on any atom is 0.414 e. The first-order valence-electron chi connectivity index (χ1n) is 8.76. The van der Waals surface area contributed by atoms with Crippen molar-refractivity contribution in [2.45, 2.75) is 45.3 Å². The molecule has 1 fully saturated rings. The Kier molecular flexibility index (Phi) is 5.40. The van der Waals surface area contributed by atoms with Gasteiger partial charge in [-0.2, -0.15) is 5.10 Å². The third kappa shape index (κ3) is 4.00. The molecule has 0 spiro atoms. The molecule has 0 radical (unpaired) electrons. The van der Waals surface area contributed by atoms with Gasteiger partial charge in [-0.05, 0) is 33.6 Å². The molecular formula is C18H22ClN5O4. The SMILES string of the molecule is CO[C@H]1CC/C1=N/C(=O)c1cnc2c(N(C)C(=O)OC(C)(C)C)cc(Cl)nn12. The van der Waals surface area contributed by atoms with Crippen LogP contribution in [-0.2, 0) is 9.47 Å². The standard InChI is InChI=1S/C18H22ClN5O4/c1-18(2,3)28-17(26)23(4)11-8-14(19)22-24-12(9-20-15(11)24)16(25)21-10-6-7-13(10)27-5/h8-9,13H,6-7H2,1-5H3/b21-10-/t13-/m0/s1. The Balaban J connectivity index is 1.97. The third-order valence-corrected chi connectivity index (χ3v) is 4.41. The van der Waals surface area contributed by atoms with Gasteiger partial charge in [0.2, 0.25) is 0 Å². The van der Waals surface area contributed by atoms with Crippen LogP contribution in [0.3, 0.4) is 0 Å². The summed E-state index contributed by atoms with van der Waals surface area (Å²) in [6, 6.07) is 1.49. The van der Waals surface area contributed by atoms with E-state index in [1.54, 1.807) is 27.9 Å². The van der Waals surface area contributed by atoms with Gasteiger partial charge in [-0.3, -0.25) is 9.69 Å². The van der Waals surface area contributed by atoms with E-state index in [1.165, 1.54) is 28.7 Å². The molecule has 2 amide bonds. The molecule has 1 aliphatic carbocycles. The number of aromatic nitrogens is 3. The van der Waals surface area contributed by atoms with Gasteiger partial charge in [0.1, 0.15) is 5.60 Å². The summed E-state index contributed by atoms with van der Waals surface area (Å²) >= 11 is 6.12. The lowest BCUT2D eigenvalue weighted by molar-refractivity contribution is 0.0589. The van der Waals surface area contributed by atoms with Gasteiger partial charge in [0.15, 0.2) is 16.5 Å². The smallest absolute Gasteiger partial charge is 0.414 e. The zero-order chi connectivity index (χ0) is 20.6. The van der Waals surface area contributed by atoms with Gasteiger partial charge in [0.05, 0.1) is 23.7 Å². The highest BCUT2D eigenvalue weighted by Crippen LogP contribution is 2.26. The molecule has 3 rings (SSSR count). The van der Waals surface area contributed by atoms with Gasteiger partial charge in [-0.25, -0.2) is 19.3 Å². The minimum atomic E-state index is -0.661. The number of imidazole rings is 1. The molecule has 0 unspecified atom stereocenters. The second-order valence-electron chi connectivity index (χ2n) is 7.44. The lowest BCUT2D eigenvalue weighted by atomic mass is 9.93. The van der Waals surface area contributed by atoms with Crippen molar-refractivity contribution in [1.82, 2.24) is 14.6 Å². The molecule has 28 heavy (non-hydrogen) atoms. The van der Waals surface area contributed by atoms with Crippen molar-refractivity contribution >= 4 is 40.6 Å². The summed E-state index contributed by atoms with van der Waals surface area (Å²) in [5.41, 5.74) is 0.824. The zero-order valence-electron chi connectivity index (χ0n) is 16.4. The summed E-state index contributed by atoms with van der Waals surface area (Å²) in [6.07, 6.45) is 2.20. The fourth-order valence-corrected chi connectivity index (χ4v) is 2.88. The molecule has 2 aromatic rings. The fraction of sp³-hybridized carbons (Fsp3) is 0.500. The largest absolute Gasteiger partial charge is 0.443 e. The fourth-order valence-electron chi connectivity index (χ4n) is 2.71. The molecule has 10 heteroatoms. The quantitative estimate of drug-likeness (QED) is 0.775. The second-order valence-corrected chi connectivity index (χ2v) is 7.83. The highest BCUT2D eigenvalue weighted by molar-refractivity contribution is 6.29. The van der Waals surface area contributed by atoms with Crippen molar-refractivity contribution in [2.24, 2.45) is 4.99 Å². The number of carbonyl (C=O) groups is 2. The highest BCUT2D eigenvalue weighted by atomic mass is 35.5. The number of hydrogen-bond donors (Lipinski definition) is 0. The first-order chi connectivity index (χ1) is 13.1. The number of anilines is 1. The number of hydrogen-bond acceptors (Lipinski definition) is 6. The van der Waals surface area contributed by atoms with Crippen LogP contribution in [0.1, 0.15) is 44.1 Å². The molecule has 0 bridgehead atoms. The number of fused-ring (bicyclic) bond motifs is 1. The molecule has 0 aromatic carbocycles. The van der Waals surface area contributed by atoms with E-state index in [0.29, 0.717) is 23.5 Å². The number of carbonyl (C=O) groups excluding carboxylic acids is 2. The first kappa shape index (κ1) is 20.2. The molecular weight excluding hydrogens is 386 g/mol. The normalized spacial score (nSPS) is 18.2. The predicted octanol–water partition coefficient (Wildman–Crippen LogP) is 3.14. The van der Waals surface area contributed by atoms with Crippen LogP contribution in [0.5, 0.6) is 0 Å². The molecule has 0 saturated heterocycles. The summed E-state index contributed by atoms with van der Waals surface area (Å²) in [5, 5.41) is 4.24. The maximum atomic E-state index is 12.6. The van der Waals surface area contributed by atoms with Gasteiger partial charge in [-0.15, -0.1) is 0 Å². The van der Waals surface area contributed by atoms with Crippen LogP contribution in [0.4, 0.5) is 10.5 Å². The van der Waals surface area contributed by atoms with Crippen LogP contribution in [0.15, 0.2) is 17.3 Å². The predicted molar refractivity (Wildman–Crippen MR) is 104 cm³/mol. The van der Waals surface area contributed by atoms with Crippen molar-refractivity contribution in [3.8, 4) is 0 Å². The molecule has 2 aromatic heterocycles. The van der Waals surface area contributed by atoms with Gasteiger partial charge < -0.3 is 9.47 Å². The molecule has 0 aliphatic heterocycles. The van der Waals surface area contributed by atoms with Crippen molar-refractivity contribution in [3.63, 3.8) is 0 Å². The zero-order valence-corrected chi connectivity index (χ0v) is 17.1. The molecule has 1 saturated carbocycles.